The average Bonchev–Trinajstić information content (AvgIpc) is 2.69. The van der Waals surface area contributed by atoms with Gasteiger partial charge in [0, 0.05) is 0 Å². The van der Waals surface area contributed by atoms with Crippen molar-refractivity contribution >= 4 is 28.8 Å². The smallest absolute Gasteiger partial charge is 0.174 e. The predicted molar refractivity (Wildman–Crippen MR) is 71.2 cm³/mol. The molecule has 6 heteroatoms. The molecule has 1 aromatic rings. The standard InChI is InChI=1S/C11H17N3OS2/c1-8-12-13-11(16-8)17-10-7-5-3-2-4-6-9(10)14-15/h10,15H,2-7H2,1H3/b14-9+/t10-/m0/s1. The normalized spacial score (nSPS) is 24.5. The van der Waals surface area contributed by atoms with E-state index in [0.29, 0.717) is 0 Å². The second kappa shape index (κ2) is 6.35. The summed E-state index contributed by atoms with van der Waals surface area (Å²) in [6.07, 6.45) is 6.84. The van der Waals surface area contributed by atoms with Gasteiger partial charge in [0.25, 0.3) is 0 Å². The minimum absolute atomic E-state index is 0.271. The Morgan fingerprint density at radius 1 is 1.29 bits per heavy atom. The zero-order valence-corrected chi connectivity index (χ0v) is 11.6. The Morgan fingerprint density at radius 2 is 2.12 bits per heavy atom. The van der Waals surface area contributed by atoms with Crippen molar-refractivity contribution in [2.45, 2.75) is 55.0 Å². The number of aryl methyl sites for hydroxylation is 1. The number of thioether (sulfide) groups is 1. The first kappa shape index (κ1) is 12.8. The van der Waals surface area contributed by atoms with Gasteiger partial charge in [-0.25, -0.2) is 0 Å². The van der Waals surface area contributed by atoms with E-state index in [1.807, 2.05) is 6.92 Å². The lowest BCUT2D eigenvalue weighted by Gasteiger charge is -2.18. The van der Waals surface area contributed by atoms with Gasteiger partial charge < -0.3 is 5.21 Å². The van der Waals surface area contributed by atoms with E-state index in [9.17, 15) is 0 Å². The molecule has 17 heavy (non-hydrogen) atoms. The SMILES string of the molecule is Cc1nnc(S[C@H]2CCCCCC/C2=N\O)s1. The van der Waals surface area contributed by atoms with Gasteiger partial charge in [0.15, 0.2) is 4.34 Å². The molecule has 0 unspecified atom stereocenters. The second-order valence-corrected chi connectivity index (χ2v) is 6.87. The van der Waals surface area contributed by atoms with Crippen LogP contribution in [0.1, 0.15) is 43.5 Å². The predicted octanol–water partition coefficient (Wildman–Crippen LogP) is 3.49. The van der Waals surface area contributed by atoms with E-state index in [4.69, 9.17) is 5.21 Å². The molecule has 1 N–H and O–H groups in total. The van der Waals surface area contributed by atoms with Gasteiger partial charge in [-0.15, -0.1) is 10.2 Å². The van der Waals surface area contributed by atoms with Crippen LogP contribution in [0.15, 0.2) is 9.50 Å². The molecule has 94 valence electrons. The molecule has 4 nitrogen and oxygen atoms in total. The number of nitrogens with zero attached hydrogens (tertiary/aromatic N) is 3. The Labute approximate surface area is 110 Å². The highest BCUT2D eigenvalue weighted by Crippen LogP contribution is 2.32. The molecule has 1 fully saturated rings. The molecule has 0 aromatic carbocycles. The van der Waals surface area contributed by atoms with Crippen LogP contribution >= 0.6 is 23.1 Å². The summed E-state index contributed by atoms with van der Waals surface area (Å²) in [6, 6.07) is 0. The Balaban J connectivity index is 2.04. The highest BCUT2D eigenvalue weighted by Gasteiger charge is 2.21. The van der Waals surface area contributed by atoms with Gasteiger partial charge in [-0.05, 0) is 26.2 Å². The van der Waals surface area contributed by atoms with Crippen LogP contribution in [0.5, 0.6) is 0 Å². The lowest BCUT2D eigenvalue weighted by atomic mass is 9.99. The van der Waals surface area contributed by atoms with Crippen LogP contribution in [-0.2, 0) is 0 Å². The van der Waals surface area contributed by atoms with Crippen LogP contribution in [0.2, 0.25) is 0 Å². The Morgan fingerprint density at radius 3 is 2.82 bits per heavy atom. The van der Waals surface area contributed by atoms with Crippen molar-refractivity contribution < 1.29 is 5.21 Å². The van der Waals surface area contributed by atoms with E-state index < -0.39 is 0 Å². The third-order valence-corrected chi connectivity index (χ3v) is 5.15. The van der Waals surface area contributed by atoms with Crippen LogP contribution in [0.25, 0.3) is 0 Å². The monoisotopic (exact) mass is 271 g/mol. The maximum atomic E-state index is 9.10. The molecule has 0 radical (unpaired) electrons. The lowest BCUT2D eigenvalue weighted by Crippen LogP contribution is -2.19. The summed E-state index contributed by atoms with van der Waals surface area (Å²) < 4.78 is 0.981. The van der Waals surface area contributed by atoms with Crippen molar-refractivity contribution in [3.8, 4) is 0 Å². The number of hydrogen-bond donors (Lipinski definition) is 1. The van der Waals surface area contributed by atoms with Gasteiger partial charge in [-0.2, -0.15) is 0 Å². The van der Waals surface area contributed by atoms with E-state index in [0.717, 1.165) is 34.3 Å². The number of oxime groups is 1. The molecule has 0 spiro atoms. The number of hydrogen-bond acceptors (Lipinski definition) is 6. The van der Waals surface area contributed by atoms with Gasteiger partial charge in [0.05, 0.1) is 11.0 Å². The van der Waals surface area contributed by atoms with Crippen LogP contribution in [0, 0.1) is 6.92 Å². The molecular formula is C11H17N3OS2. The van der Waals surface area contributed by atoms with Crippen molar-refractivity contribution in [3.63, 3.8) is 0 Å². The molecule has 1 saturated carbocycles. The second-order valence-electron chi connectivity index (χ2n) is 4.24. The summed E-state index contributed by atoms with van der Waals surface area (Å²) in [6.45, 7) is 1.96. The zero-order chi connectivity index (χ0) is 12.1. The van der Waals surface area contributed by atoms with Crippen molar-refractivity contribution in [1.82, 2.24) is 10.2 Å². The van der Waals surface area contributed by atoms with Crippen molar-refractivity contribution in [3.05, 3.63) is 5.01 Å². The summed E-state index contributed by atoms with van der Waals surface area (Å²) in [5.74, 6) is 0. The molecular weight excluding hydrogens is 254 g/mol. The molecule has 0 saturated heterocycles. The Hall–Kier alpha value is -0.620. The minimum atomic E-state index is 0.271. The number of aromatic nitrogens is 2. The maximum Gasteiger partial charge on any atom is 0.174 e. The first-order valence-electron chi connectivity index (χ1n) is 5.97. The van der Waals surface area contributed by atoms with E-state index in [2.05, 4.69) is 15.4 Å². The molecule has 2 rings (SSSR count). The first-order chi connectivity index (χ1) is 8.29. The van der Waals surface area contributed by atoms with Gasteiger partial charge in [-0.3, -0.25) is 0 Å². The fourth-order valence-electron chi connectivity index (χ4n) is 2.01. The summed E-state index contributed by atoms with van der Waals surface area (Å²) in [4.78, 5) is 0. The molecule has 1 heterocycles. The topological polar surface area (TPSA) is 58.4 Å². The van der Waals surface area contributed by atoms with Crippen molar-refractivity contribution in [2.24, 2.45) is 5.16 Å². The van der Waals surface area contributed by atoms with Gasteiger partial charge in [0.2, 0.25) is 0 Å². The van der Waals surface area contributed by atoms with E-state index >= 15 is 0 Å². The van der Waals surface area contributed by atoms with Crippen LogP contribution in [-0.4, -0.2) is 26.4 Å². The fraction of sp³-hybridized carbons (Fsp3) is 0.727. The largest absolute Gasteiger partial charge is 0.411 e. The van der Waals surface area contributed by atoms with Crippen LogP contribution in [0.3, 0.4) is 0 Å². The quantitative estimate of drug-likeness (QED) is 0.660. The molecule has 1 atom stereocenters. The van der Waals surface area contributed by atoms with Crippen LogP contribution in [0.4, 0.5) is 0 Å². The third kappa shape index (κ3) is 3.67. The van der Waals surface area contributed by atoms with E-state index in [1.165, 1.54) is 19.3 Å². The van der Waals surface area contributed by atoms with Crippen LogP contribution < -0.4 is 0 Å². The Bertz CT molecular complexity index is 392. The highest BCUT2D eigenvalue weighted by molar-refractivity contribution is 8.02. The molecule has 1 aliphatic rings. The zero-order valence-electron chi connectivity index (χ0n) is 9.93. The van der Waals surface area contributed by atoms with Gasteiger partial charge in [0.1, 0.15) is 5.01 Å². The molecule has 1 aromatic heterocycles. The fourth-order valence-corrected chi connectivity index (χ4v) is 4.24. The highest BCUT2D eigenvalue weighted by atomic mass is 32.2. The lowest BCUT2D eigenvalue weighted by molar-refractivity contribution is 0.315. The minimum Gasteiger partial charge on any atom is -0.411 e. The first-order valence-corrected chi connectivity index (χ1v) is 7.67. The number of rotatable bonds is 2. The summed E-state index contributed by atoms with van der Waals surface area (Å²) >= 11 is 3.30. The van der Waals surface area contributed by atoms with Gasteiger partial charge >= 0.3 is 0 Å². The summed E-state index contributed by atoms with van der Waals surface area (Å²) in [5, 5.41) is 22.0. The molecule has 0 amide bonds. The third-order valence-electron chi connectivity index (χ3n) is 2.90. The van der Waals surface area contributed by atoms with Gasteiger partial charge in [-0.1, -0.05) is 47.5 Å². The summed E-state index contributed by atoms with van der Waals surface area (Å²) in [7, 11) is 0. The Kier molecular flexibility index (Phi) is 4.79. The molecule has 0 bridgehead atoms. The molecule has 1 aliphatic carbocycles. The molecule has 0 aliphatic heterocycles. The summed E-state index contributed by atoms with van der Waals surface area (Å²) in [5.41, 5.74) is 0.919. The van der Waals surface area contributed by atoms with Crippen molar-refractivity contribution in [1.29, 1.82) is 0 Å². The maximum absolute atomic E-state index is 9.10. The average molecular weight is 271 g/mol. The van der Waals surface area contributed by atoms with E-state index in [-0.39, 0.29) is 5.25 Å². The van der Waals surface area contributed by atoms with Crippen molar-refractivity contribution in [2.75, 3.05) is 0 Å². The van der Waals surface area contributed by atoms with E-state index in [1.54, 1.807) is 23.1 Å².